The van der Waals surface area contributed by atoms with Crippen LogP contribution in [0.4, 0.5) is 0 Å². The standard InChI is InChI=1S/C13H13NO/c1-2-13(14-15)12-8-7-10-5-3-4-6-11(10)9-12/h3-9,15H,2H2,1H3/b14-13-. The normalized spacial score (nSPS) is 11.9. The Morgan fingerprint density at radius 3 is 2.53 bits per heavy atom. The van der Waals surface area contributed by atoms with E-state index in [2.05, 4.69) is 17.3 Å². The van der Waals surface area contributed by atoms with E-state index in [-0.39, 0.29) is 0 Å². The van der Waals surface area contributed by atoms with Gasteiger partial charge in [0.05, 0.1) is 5.71 Å². The summed E-state index contributed by atoms with van der Waals surface area (Å²) in [6.07, 6.45) is 0.731. The third-order valence-corrected chi connectivity index (χ3v) is 2.54. The minimum absolute atomic E-state index is 0.723. The molecule has 15 heavy (non-hydrogen) atoms. The topological polar surface area (TPSA) is 32.6 Å². The first-order valence-electron chi connectivity index (χ1n) is 5.05. The highest BCUT2D eigenvalue weighted by atomic mass is 16.4. The monoisotopic (exact) mass is 199 g/mol. The molecular weight excluding hydrogens is 186 g/mol. The lowest BCUT2D eigenvalue weighted by Gasteiger charge is -2.03. The van der Waals surface area contributed by atoms with Crippen LogP contribution in [-0.2, 0) is 0 Å². The van der Waals surface area contributed by atoms with Crippen LogP contribution in [0, 0.1) is 0 Å². The molecular formula is C13H13NO. The highest BCUT2D eigenvalue weighted by molar-refractivity contribution is 6.02. The van der Waals surface area contributed by atoms with Crippen LogP contribution in [0.15, 0.2) is 47.6 Å². The maximum atomic E-state index is 8.84. The zero-order valence-corrected chi connectivity index (χ0v) is 8.64. The van der Waals surface area contributed by atoms with Gasteiger partial charge < -0.3 is 5.21 Å². The molecule has 2 aromatic carbocycles. The minimum Gasteiger partial charge on any atom is -0.411 e. The summed E-state index contributed by atoms with van der Waals surface area (Å²) in [6.45, 7) is 1.98. The molecule has 0 aliphatic carbocycles. The number of fused-ring (bicyclic) bond motifs is 1. The summed E-state index contributed by atoms with van der Waals surface area (Å²) in [7, 11) is 0. The van der Waals surface area contributed by atoms with Crippen LogP contribution in [0.25, 0.3) is 10.8 Å². The Morgan fingerprint density at radius 1 is 1.13 bits per heavy atom. The van der Waals surface area contributed by atoms with E-state index in [1.807, 2.05) is 37.3 Å². The Morgan fingerprint density at radius 2 is 1.87 bits per heavy atom. The van der Waals surface area contributed by atoms with Gasteiger partial charge in [-0.1, -0.05) is 48.5 Å². The van der Waals surface area contributed by atoms with Gasteiger partial charge in [-0.25, -0.2) is 0 Å². The van der Waals surface area contributed by atoms with E-state index in [1.165, 1.54) is 10.8 Å². The lowest BCUT2D eigenvalue weighted by molar-refractivity contribution is 0.318. The molecule has 76 valence electrons. The van der Waals surface area contributed by atoms with Crippen molar-refractivity contribution in [2.24, 2.45) is 5.16 Å². The molecule has 2 aromatic rings. The van der Waals surface area contributed by atoms with Crippen molar-refractivity contribution in [1.82, 2.24) is 0 Å². The van der Waals surface area contributed by atoms with E-state index in [1.54, 1.807) is 0 Å². The van der Waals surface area contributed by atoms with Crippen molar-refractivity contribution in [2.45, 2.75) is 13.3 Å². The molecule has 2 nitrogen and oxygen atoms in total. The quantitative estimate of drug-likeness (QED) is 0.448. The van der Waals surface area contributed by atoms with E-state index in [0.717, 1.165) is 17.7 Å². The first-order chi connectivity index (χ1) is 7.35. The lowest BCUT2D eigenvalue weighted by Crippen LogP contribution is -1.98. The smallest absolute Gasteiger partial charge is 0.0865 e. The van der Waals surface area contributed by atoms with E-state index in [4.69, 9.17) is 5.21 Å². The van der Waals surface area contributed by atoms with E-state index in [0.29, 0.717) is 0 Å². The second kappa shape index (κ2) is 4.13. The Labute approximate surface area is 88.9 Å². The fourth-order valence-electron chi connectivity index (χ4n) is 1.70. The van der Waals surface area contributed by atoms with Crippen LogP contribution in [0.1, 0.15) is 18.9 Å². The predicted octanol–water partition coefficient (Wildman–Crippen LogP) is 3.43. The number of hydrogen-bond acceptors (Lipinski definition) is 2. The maximum absolute atomic E-state index is 8.84. The van der Waals surface area contributed by atoms with Crippen LogP contribution >= 0.6 is 0 Å². The zero-order chi connectivity index (χ0) is 10.7. The fourth-order valence-corrected chi connectivity index (χ4v) is 1.70. The van der Waals surface area contributed by atoms with Crippen molar-refractivity contribution in [3.63, 3.8) is 0 Å². The molecule has 0 saturated heterocycles. The van der Waals surface area contributed by atoms with E-state index in [9.17, 15) is 0 Å². The Kier molecular flexibility index (Phi) is 2.68. The van der Waals surface area contributed by atoms with Crippen LogP contribution in [0.3, 0.4) is 0 Å². The van der Waals surface area contributed by atoms with Crippen LogP contribution in [0.5, 0.6) is 0 Å². The van der Waals surface area contributed by atoms with Gasteiger partial charge in [0.25, 0.3) is 0 Å². The average molecular weight is 199 g/mol. The van der Waals surface area contributed by atoms with Crippen molar-refractivity contribution in [2.75, 3.05) is 0 Å². The average Bonchev–Trinajstić information content (AvgIpc) is 2.30. The lowest BCUT2D eigenvalue weighted by atomic mass is 10.0. The maximum Gasteiger partial charge on any atom is 0.0865 e. The number of hydrogen-bond donors (Lipinski definition) is 1. The third-order valence-electron chi connectivity index (χ3n) is 2.54. The highest BCUT2D eigenvalue weighted by Gasteiger charge is 2.02. The van der Waals surface area contributed by atoms with Crippen LogP contribution in [0.2, 0.25) is 0 Å². The Bertz CT molecular complexity index is 503. The van der Waals surface area contributed by atoms with Gasteiger partial charge in [-0.2, -0.15) is 0 Å². The highest BCUT2D eigenvalue weighted by Crippen LogP contribution is 2.16. The van der Waals surface area contributed by atoms with Gasteiger partial charge in [0.15, 0.2) is 0 Å². The molecule has 2 heteroatoms. The van der Waals surface area contributed by atoms with E-state index < -0.39 is 0 Å². The molecule has 0 fully saturated rings. The molecule has 0 aliphatic heterocycles. The number of benzene rings is 2. The molecule has 0 aliphatic rings. The second-order valence-electron chi connectivity index (χ2n) is 3.46. The van der Waals surface area contributed by atoms with Crippen molar-refractivity contribution >= 4 is 16.5 Å². The molecule has 0 heterocycles. The van der Waals surface area contributed by atoms with Gasteiger partial charge in [-0.15, -0.1) is 0 Å². The Balaban J connectivity index is 2.56. The molecule has 0 atom stereocenters. The summed E-state index contributed by atoms with van der Waals surface area (Å²) in [5, 5.41) is 14.5. The van der Waals surface area contributed by atoms with E-state index >= 15 is 0 Å². The summed E-state index contributed by atoms with van der Waals surface area (Å²) in [4.78, 5) is 0. The molecule has 0 radical (unpaired) electrons. The summed E-state index contributed by atoms with van der Waals surface area (Å²) in [5.41, 5.74) is 1.71. The largest absolute Gasteiger partial charge is 0.411 e. The third kappa shape index (κ3) is 1.84. The molecule has 0 saturated carbocycles. The molecule has 0 amide bonds. The molecule has 2 rings (SSSR count). The molecule has 0 spiro atoms. The summed E-state index contributed by atoms with van der Waals surface area (Å²) >= 11 is 0. The van der Waals surface area contributed by atoms with Gasteiger partial charge in [0.2, 0.25) is 0 Å². The van der Waals surface area contributed by atoms with Crippen molar-refractivity contribution in [3.8, 4) is 0 Å². The van der Waals surface area contributed by atoms with Gasteiger partial charge in [0, 0.05) is 0 Å². The first-order valence-corrected chi connectivity index (χ1v) is 5.05. The van der Waals surface area contributed by atoms with Crippen LogP contribution in [-0.4, -0.2) is 10.9 Å². The van der Waals surface area contributed by atoms with Crippen molar-refractivity contribution < 1.29 is 5.21 Å². The van der Waals surface area contributed by atoms with Crippen LogP contribution < -0.4 is 0 Å². The number of oxime groups is 1. The van der Waals surface area contributed by atoms with Crippen molar-refractivity contribution in [3.05, 3.63) is 48.0 Å². The minimum atomic E-state index is 0.723. The molecule has 0 unspecified atom stereocenters. The molecule has 0 aromatic heterocycles. The van der Waals surface area contributed by atoms with Gasteiger partial charge in [-0.05, 0) is 28.8 Å². The van der Waals surface area contributed by atoms with Gasteiger partial charge >= 0.3 is 0 Å². The number of rotatable bonds is 2. The molecule has 1 N–H and O–H groups in total. The molecule has 0 bridgehead atoms. The number of nitrogens with zero attached hydrogens (tertiary/aromatic N) is 1. The van der Waals surface area contributed by atoms with Crippen molar-refractivity contribution in [1.29, 1.82) is 0 Å². The first kappa shape index (κ1) is 9.71. The fraction of sp³-hybridized carbons (Fsp3) is 0.154. The summed E-state index contributed by atoms with van der Waals surface area (Å²) < 4.78 is 0. The van der Waals surface area contributed by atoms with Gasteiger partial charge in [0.1, 0.15) is 0 Å². The summed E-state index contributed by atoms with van der Waals surface area (Å²) in [5.74, 6) is 0. The van der Waals surface area contributed by atoms with Gasteiger partial charge in [-0.3, -0.25) is 0 Å². The predicted molar refractivity (Wildman–Crippen MR) is 62.6 cm³/mol. The Hall–Kier alpha value is -1.83. The SMILES string of the molecule is CC/C(=N/O)c1ccc2ccccc2c1. The summed E-state index contributed by atoms with van der Waals surface area (Å²) in [6, 6.07) is 14.2. The zero-order valence-electron chi connectivity index (χ0n) is 8.64. The second-order valence-corrected chi connectivity index (χ2v) is 3.46.